The van der Waals surface area contributed by atoms with Gasteiger partial charge in [-0.2, -0.15) is 11.8 Å². The molecule has 0 bridgehead atoms. The van der Waals surface area contributed by atoms with E-state index in [-0.39, 0.29) is 11.9 Å². The van der Waals surface area contributed by atoms with Crippen LogP contribution in [0.3, 0.4) is 0 Å². The number of amides is 1. The van der Waals surface area contributed by atoms with Crippen molar-refractivity contribution in [1.82, 2.24) is 9.47 Å². The van der Waals surface area contributed by atoms with E-state index in [1.807, 2.05) is 11.5 Å². The third kappa shape index (κ3) is 3.34. The second-order valence-electron chi connectivity index (χ2n) is 4.79. The van der Waals surface area contributed by atoms with Crippen LogP contribution < -0.4 is 5.73 Å². The van der Waals surface area contributed by atoms with Crippen molar-refractivity contribution < 1.29 is 14.3 Å². The lowest BCUT2D eigenvalue weighted by molar-refractivity contribution is -0.147. The van der Waals surface area contributed by atoms with E-state index in [4.69, 9.17) is 10.5 Å². The van der Waals surface area contributed by atoms with Crippen molar-refractivity contribution in [2.75, 3.05) is 30.4 Å². The molecule has 116 valence electrons. The smallest absolute Gasteiger partial charge is 0.329 e. The van der Waals surface area contributed by atoms with E-state index in [0.717, 1.165) is 5.75 Å². The molecule has 2 heterocycles. The number of aryl methyl sites for hydroxylation is 1. The molecular formula is C14H21N3O3S. The zero-order valence-corrected chi connectivity index (χ0v) is 13.2. The van der Waals surface area contributed by atoms with E-state index in [1.54, 1.807) is 35.8 Å². The number of aromatic nitrogens is 1. The number of nitrogen functional groups attached to an aromatic ring is 1. The maximum atomic E-state index is 12.7. The number of nitrogens with two attached hydrogens (primary N) is 1. The van der Waals surface area contributed by atoms with Crippen molar-refractivity contribution >= 4 is 29.3 Å². The first-order valence-electron chi connectivity index (χ1n) is 7.09. The molecule has 1 saturated heterocycles. The number of carbonyl (C=O) groups is 2. The van der Waals surface area contributed by atoms with Crippen LogP contribution in [0.5, 0.6) is 0 Å². The summed E-state index contributed by atoms with van der Waals surface area (Å²) < 4.78 is 6.89. The summed E-state index contributed by atoms with van der Waals surface area (Å²) in [5.41, 5.74) is 6.86. The van der Waals surface area contributed by atoms with Crippen LogP contribution in [0, 0.1) is 0 Å². The monoisotopic (exact) mass is 311 g/mol. The van der Waals surface area contributed by atoms with E-state index < -0.39 is 6.04 Å². The van der Waals surface area contributed by atoms with Crippen LogP contribution in [-0.4, -0.2) is 52.0 Å². The fourth-order valence-electron chi connectivity index (χ4n) is 2.40. The molecule has 1 aliphatic heterocycles. The number of carbonyl (C=O) groups excluding carboxylic acids is 2. The predicted octanol–water partition coefficient (Wildman–Crippen LogP) is 1.21. The number of hydrogen-bond donors (Lipinski definition) is 1. The number of thioether (sulfide) groups is 1. The van der Waals surface area contributed by atoms with Crippen LogP contribution in [0.25, 0.3) is 0 Å². The fraction of sp³-hybridized carbons (Fsp3) is 0.571. The third-order valence-electron chi connectivity index (χ3n) is 3.43. The minimum Gasteiger partial charge on any atom is -0.464 e. The van der Waals surface area contributed by atoms with Crippen molar-refractivity contribution in [3.63, 3.8) is 0 Å². The van der Waals surface area contributed by atoms with Gasteiger partial charge >= 0.3 is 5.97 Å². The number of nitrogens with zero attached hydrogens (tertiary/aromatic N) is 2. The van der Waals surface area contributed by atoms with Crippen LogP contribution in [0.15, 0.2) is 12.3 Å². The van der Waals surface area contributed by atoms with E-state index in [1.165, 1.54) is 0 Å². The van der Waals surface area contributed by atoms with Gasteiger partial charge in [-0.1, -0.05) is 0 Å². The van der Waals surface area contributed by atoms with Crippen LogP contribution in [-0.2, 0) is 16.1 Å². The third-order valence-corrected chi connectivity index (χ3v) is 4.45. The van der Waals surface area contributed by atoms with Crippen LogP contribution in [0.4, 0.5) is 5.69 Å². The molecule has 7 heteroatoms. The van der Waals surface area contributed by atoms with Crippen molar-refractivity contribution in [2.45, 2.75) is 26.4 Å². The number of ether oxygens (including phenoxy) is 1. The van der Waals surface area contributed by atoms with Gasteiger partial charge in [-0.05, 0) is 19.9 Å². The molecule has 1 aliphatic rings. The van der Waals surface area contributed by atoms with Gasteiger partial charge in [0, 0.05) is 30.8 Å². The summed E-state index contributed by atoms with van der Waals surface area (Å²) in [4.78, 5) is 26.4. The van der Waals surface area contributed by atoms with E-state index in [9.17, 15) is 9.59 Å². The van der Waals surface area contributed by atoms with Gasteiger partial charge < -0.3 is 19.9 Å². The minimum atomic E-state index is -0.516. The Morgan fingerprint density at radius 1 is 1.48 bits per heavy atom. The average Bonchev–Trinajstić information content (AvgIpc) is 2.88. The molecule has 0 aromatic carbocycles. The lowest BCUT2D eigenvalue weighted by Gasteiger charge is -2.33. The Kier molecular flexibility index (Phi) is 5.17. The topological polar surface area (TPSA) is 77.6 Å². The van der Waals surface area contributed by atoms with Crippen LogP contribution >= 0.6 is 11.8 Å². The van der Waals surface area contributed by atoms with Crippen LogP contribution in [0.1, 0.15) is 24.3 Å². The Balaban J connectivity index is 2.24. The quantitative estimate of drug-likeness (QED) is 0.846. The van der Waals surface area contributed by atoms with Gasteiger partial charge in [0.25, 0.3) is 5.91 Å². The number of esters is 1. The highest BCUT2D eigenvalue weighted by molar-refractivity contribution is 7.99. The standard InChI is InChI=1S/C14H21N3O3S/c1-3-16-8-10(15)7-11(16)13(18)17-5-6-21-9-12(17)14(19)20-4-2/h7-8,12H,3-6,9,15H2,1-2H3. The van der Waals surface area contributed by atoms with Crippen LogP contribution in [0.2, 0.25) is 0 Å². The molecule has 2 rings (SSSR count). The van der Waals surface area contributed by atoms with Gasteiger partial charge in [-0.15, -0.1) is 0 Å². The maximum Gasteiger partial charge on any atom is 0.329 e. The van der Waals surface area contributed by atoms with Gasteiger partial charge in [-0.3, -0.25) is 4.79 Å². The van der Waals surface area contributed by atoms with Gasteiger partial charge in [0.1, 0.15) is 11.7 Å². The van der Waals surface area contributed by atoms with Crippen molar-refractivity contribution in [2.24, 2.45) is 0 Å². The average molecular weight is 311 g/mol. The highest BCUT2D eigenvalue weighted by atomic mass is 32.2. The Morgan fingerprint density at radius 3 is 2.90 bits per heavy atom. The second kappa shape index (κ2) is 6.89. The molecule has 1 unspecified atom stereocenters. The summed E-state index contributed by atoms with van der Waals surface area (Å²) in [5, 5.41) is 0. The highest BCUT2D eigenvalue weighted by Gasteiger charge is 2.35. The lowest BCUT2D eigenvalue weighted by atomic mass is 10.2. The van der Waals surface area contributed by atoms with Gasteiger partial charge in [0.15, 0.2) is 0 Å². The molecule has 1 fully saturated rings. The number of hydrogen-bond acceptors (Lipinski definition) is 5. The van der Waals surface area contributed by atoms with E-state index >= 15 is 0 Å². The molecule has 1 aromatic rings. The summed E-state index contributed by atoms with van der Waals surface area (Å²) in [6.45, 7) is 5.24. The summed E-state index contributed by atoms with van der Waals surface area (Å²) in [7, 11) is 0. The summed E-state index contributed by atoms with van der Waals surface area (Å²) >= 11 is 1.66. The first-order chi connectivity index (χ1) is 10.1. The molecule has 2 N–H and O–H groups in total. The maximum absolute atomic E-state index is 12.7. The molecule has 0 spiro atoms. The summed E-state index contributed by atoms with van der Waals surface area (Å²) in [5.74, 6) is 0.907. The number of anilines is 1. The Labute approximate surface area is 128 Å². The molecule has 1 amide bonds. The highest BCUT2D eigenvalue weighted by Crippen LogP contribution is 2.22. The summed E-state index contributed by atoms with van der Waals surface area (Å²) in [6, 6.07) is 1.15. The normalized spacial score (nSPS) is 18.6. The first-order valence-corrected chi connectivity index (χ1v) is 8.25. The molecule has 0 saturated carbocycles. The largest absolute Gasteiger partial charge is 0.464 e. The van der Waals surface area contributed by atoms with E-state index in [2.05, 4.69) is 0 Å². The Bertz CT molecular complexity index is 530. The van der Waals surface area contributed by atoms with E-state index in [0.29, 0.717) is 36.8 Å². The second-order valence-corrected chi connectivity index (χ2v) is 5.94. The van der Waals surface area contributed by atoms with Gasteiger partial charge in [-0.25, -0.2) is 4.79 Å². The van der Waals surface area contributed by atoms with Crippen molar-refractivity contribution in [3.05, 3.63) is 18.0 Å². The molecule has 0 aliphatic carbocycles. The lowest BCUT2D eigenvalue weighted by Crippen LogP contribution is -2.51. The molecule has 1 aromatic heterocycles. The zero-order chi connectivity index (χ0) is 15.4. The first kappa shape index (κ1) is 15.8. The van der Waals surface area contributed by atoms with Crippen molar-refractivity contribution in [3.8, 4) is 0 Å². The van der Waals surface area contributed by atoms with Gasteiger partial charge in [0.05, 0.1) is 12.3 Å². The molecular weight excluding hydrogens is 290 g/mol. The molecule has 0 radical (unpaired) electrons. The number of rotatable bonds is 4. The predicted molar refractivity (Wildman–Crippen MR) is 83.3 cm³/mol. The minimum absolute atomic E-state index is 0.160. The molecule has 1 atom stereocenters. The molecule has 21 heavy (non-hydrogen) atoms. The Hall–Kier alpha value is -1.63. The zero-order valence-electron chi connectivity index (χ0n) is 12.4. The molecule has 6 nitrogen and oxygen atoms in total. The Morgan fingerprint density at radius 2 is 2.24 bits per heavy atom. The van der Waals surface area contributed by atoms with Gasteiger partial charge in [0.2, 0.25) is 0 Å². The van der Waals surface area contributed by atoms with Crippen molar-refractivity contribution in [1.29, 1.82) is 0 Å². The SMILES string of the molecule is CCOC(=O)C1CSCCN1C(=O)c1cc(N)cn1CC. The summed E-state index contributed by atoms with van der Waals surface area (Å²) in [6.07, 6.45) is 1.74. The fourth-order valence-corrected chi connectivity index (χ4v) is 3.43.